The quantitative estimate of drug-likeness (QED) is 0.425. The van der Waals surface area contributed by atoms with Gasteiger partial charge in [-0.3, -0.25) is 9.67 Å². The maximum Gasteiger partial charge on any atom is 0.191 e. The van der Waals surface area contributed by atoms with Crippen LogP contribution in [0.2, 0.25) is 0 Å². The van der Waals surface area contributed by atoms with Crippen molar-refractivity contribution in [2.75, 3.05) is 13.7 Å². The summed E-state index contributed by atoms with van der Waals surface area (Å²) in [6.45, 7) is 1.54. The largest absolute Gasteiger partial charge is 0.377 e. The minimum atomic E-state index is 0. The molecule has 2 heterocycles. The van der Waals surface area contributed by atoms with E-state index in [9.17, 15) is 0 Å². The third-order valence-corrected chi connectivity index (χ3v) is 5.77. The van der Waals surface area contributed by atoms with Gasteiger partial charge in [-0.1, -0.05) is 6.42 Å². The molecular formula is C15H25IN6O. The molecule has 3 atom stereocenters. The van der Waals surface area contributed by atoms with Crippen molar-refractivity contribution in [3.8, 4) is 0 Å². The van der Waals surface area contributed by atoms with Gasteiger partial charge in [0.05, 0.1) is 12.6 Å². The first-order chi connectivity index (χ1) is 10.7. The van der Waals surface area contributed by atoms with E-state index in [1.54, 1.807) is 11.0 Å². The van der Waals surface area contributed by atoms with Gasteiger partial charge in [0.15, 0.2) is 5.96 Å². The number of hydrogen-bond donors (Lipinski definition) is 2. The molecule has 1 spiro atoms. The van der Waals surface area contributed by atoms with E-state index in [2.05, 4.69) is 25.7 Å². The molecule has 7 nitrogen and oxygen atoms in total. The first-order valence-electron chi connectivity index (χ1n) is 8.16. The Hall–Kier alpha value is -0.900. The van der Waals surface area contributed by atoms with Crippen LogP contribution in [0.25, 0.3) is 0 Å². The zero-order chi connectivity index (χ0) is 15.2. The SMILES string of the molecule is CN=C(NCc1ncnn1C)NC1C2CCOC2C12CCC2.I. The summed E-state index contributed by atoms with van der Waals surface area (Å²) in [5.74, 6) is 2.40. The molecule has 2 aliphatic carbocycles. The van der Waals surface area contributed by atoms with Crippen LogP contribution in [-0.4, -0.2) is 46.5 Å². The second-order valence-electron chi connectivity index (χ2n) is 6.68. The van der Waals surface area contributed by atoms with Crippen molar-refractivity contribution >= 4 is 29.9 Å². The number of fused-ring (bicyclic) bond motifs is 2. The summed E-state index contributed by atoms with van der Waals surface area (Å²) in [6.07, 6.45) is 7.12. The van der Waals surface area contributed by atoms with Gasteiger partial charge in [-0.2, -0.15) is 5.10 Å². The molecule has 4 rings (SSSR count). The maximum atomic E-state index is 5.97. The van der Waals surface area contributed by atoms with Crippen molar-refractivity contribution in [3.63, 3.8) is 0 Å². The Kier molecular flexibility index (Phi) is 4.82. The van der Waals surface area contributed by atoms with Crippen LogP contribution in [0, 0.1) is 11.3 Å². The highest BCUT2D eigenvalue weighted by atomic mass is 127. The van der Waals surface area contributed by atoms with Gasteiger partial charge in [-0.25, -0.2) is 4.98 Å². The summed E-state index contributed by atoms with van der Waals surface area (Å²) in [6, 6.07) is 0.499. The van der Waals surface area contributed by atoms with Crippen LogP contribution in [0.3, 0.4) is 0 Å². The monoisotopic (exact) mass is 432 g/mol. The van der Waals surface area contributed by atoms with E-state index in [0.717, 1.165) is 18.4 Å². The van der Waals surface area contributed by atoms with Gasteiger partial charge in [0.1, 0.15) is 12.2 Å². The smallest absolute Gasteiger partial charge is 0.191 e. The molecule has 1 aliphatic heterocycles. The number of guanidine groups is 1. The van der Waals surface area contributed by atoms with Crippen molar-refractivity contribution in [2.45, 2.75) is 44.4 Å². The Morgan fingerprint density at radius 3 is 2.96 bits per heavy atom. The molecule has 3 aliphatic rings. The Morgan fingerprint density at radius 2 is 2.35 bits per heavy atom. The van der Waals surface area contributed by atoms with E-state index >= 15 is 0 Å². The summed E-state index contributed by atoms with van der Waals surface area (Å²) in [4.78, 5) is 8.60. The summed E-state index contributed by atoms with van der Waals surface area (Å²) in [5.41, 5.74) is 0.365. The van der Waals surface area contributed by atoms with E-state index in [1.165, 1.54) is 25.7 Å². The van der Waals surface area contributed by atoms with Crippen LogP contribution in [0.1, 0.15) is 31.5 Å². The lowest BCUT2D eigenvalue weighted by atomic mass is 9.46. The summed E-state index contributed by atoms with van der Waals surface area (Å²) < 4.78 is 7.74. The number of ether oxygens (including phenoxy) is 1. The van der Waals surface area contributed by atoms with Crippen LogP contribution >= 0.6 is 24.0 Å². The van der Waals surface area contributed by atoms with Crippen LogP contribution in [0.4, 0.5) is 0 Å². The minimum Gasteiger partial charge on any atom is -0.377 e. The number of rotatable bonds is 3. The lowest BCUT2D eigenvalue weighted by molar-refractivity contribution is -0.171. The first-order valence-corrected chi connectivity index (χ1v) is 8.16. The zero-order valence-corrected chi connectivity index (χ0v) is 16.0. The van der Waals surface area contributed by atoms with E-state index in [1.807, 2.05) is 14.1 Å². The van der Waals surface area contributed by atoms with Gasteiger partial charge >= 0.3 is 0 Å². The molecule has 23 heavy (non-hydrogen) atoms. The van der Waals surface area contributed by atoms with Crippen molar-refractivity contribution in [3.05, 3.63) is 12.2 Å². The predicted molar refractivity (Wildman–Crippen MR) is 97.7 cm³/mol. The van der Waals surface area contributed by atoms with Crippen molar-refractivity contribution in [1.29, 1.82) is 0 Å². The Labute approximate surface area is 153 Å². The molecule has 2 saturated carbocycles. The molecule has 0 bridgehead atoms. The van der Waals surface area contributed by atoms with E-state index < -0.39 is 0 Å². The number of aromatic nitrogens is 3. The number of aliphatic imine (C=N–C) groups is 1. The summed E-state index contributed by atoms with van der Waals surface area (Å²) in [5, 5.41) is 11.1. The molecule has 0 radical (unpaired) electrons. The zero-order valence-electron chi connectivity index (χ0n) is 13.7. The van der Waals surface area contributed by atoms with Gasteiger partial charge in [-0.15, -0.1) is 24.0 Å². The average Bonchev–Trinajstić information content (AvgIpc) is 3.05. The van der Waals surface area contributed by atoms with Crippen LogP contribution < -0.4 is 10.6 Å². The Morgan fingerprint density at radius 1 is 1.52 bits per heavy atom. The fourth-order valence-electron chi connectivity index (χ4n) is 4.44. The number of aryl methyl sites for hydroxylation is 1. The third-order valence-electron chi connectivity index (χ3n) is 5.77. The molecule has 128 valence electrons. The molecule has 1 aromatic heterocycles. The number of nitrogens with zero attached hydrogens (tertiary/aromatic N) is 4. The van der Waals surface area contributed by atoms with Crippen LogP contribution in [-0.2, 0) is 18.3 Å². The average molecular weight is 432 g/mol. The van der Waals surface area contributed by atoms with E-state index in [-0.39, 0.29) is 24.0 Å². The van der Waals surface area contributed by atoms with Gasteiger partial charge in [0, 0.05) is 38.1 Å². The van der Waals surface area contributed by atoms with Crippen LogP contribution in [0.15, 0.2) is 11.3 Å². The summed E-state index contributed by atoms with van der Waals surface area (Å²) in [7, 11) is 3.72. The van der Waals surface area contributed by atoms with E-state index in [4.69, 9.17) is 4.74 Å². The van der Waals surface area contributed by atoms with Gasteiger partial charge in [-0.05, 0) is 19.3 Å². The van der Waals surface area contributed by atoms with Crippen molar-refractivity contribution in [2.24, 2.45) is 23.4 Å². The lowest BCUT2D eigenvalue weighted by Crippen LogP contribution is -2.72. The molecule has 8 heteroatoms. The van der Waals surface area contributed by atoms with Crippen molar-refractivity contribution in [1.82, 2.24) is 25.4 Å². The van der Waals surface area contributed by atoms with E-state index in [0.29, 0.717) is 30.0 Å². The fourth-order valence-corrected chi connectivity index (χ4v) is 4.44. The van der Waals surface area contributed by atoms with Gasteiger partial charge in [0.25, 0.3) is 0 Å². The molecule has 1 aromatic rings. The molecule has 1 saturated heterocycles. The standard InChI is InChI=1S/C15H24N6O.HI/c1-16-14(17-8-11-18-9-19-21(11)2)20-12-10-4-7-22-13(10)15(12)5-3-6-15;/h9-10,12-13H,3-8H2,1-2H3,(H2,16,17,20);1H. The molecular weight excluding hydrogens is 407 g/mol. The lowest BCUT2D eigenvalue weighted by Gasteiger charge is -2.63. The summed E-state index contributed by atoms with van der Waals surface area (Å²) >= 11 is 0. The number of hydrogen-bond acceptors (Lipinski definition) is 4. The first kappa shape index (κ1) is 16.9. The maximum absolute atomic E-state index is 5.97. The third kappa shape index (κ3) is 2.63. The predicted octanol–water partition coefficient (Wildman–Crippen LogP) is 1.06. The highest BCUT2D eigenvalue weighted by molar-refractivity contribution is 14.0. The minimum absolute atomic E-state index is 0. The number of halogens is 1. The highest BCUT2D eigenvalue weighted by Gasteiger charge is 2.66. The Bertz CT molecular complexity index is 584. The highest BCUT2D eigenvalue weighted by Crippen LogP contribution is 2.62. The molecule has 3 fully saturated rings. The van der Waals surface area contributed by atoms with Gasteiger partial charge < -0.3 is 15.4 Å². The fraction of sp³-hybridized carbons (Fsp3) is 0.800. The van der Waals surface area contributed by atoms with Crippen LogP contribution in [0.5, 0.6) is 0 Å². The second-order valence-corrected chi connectivity index (χ2v) is 6.68. The Balaban J connectivity index is 0.00000156. The number of nitrogens with one attached hydrogen (secondary N) is 2. The molecule has 2 N–H and O–H groups in total. The second kappa shape index (κ2) is 6.54. The molecule has 0 amide bonds. The molecule has 0 aromatic carbocycles. The molecule has 3 unspecified atom stereocenters. The normalized spacial score (nSPS) is 30.9. The topological polar surface area (TPSA) is 76.4 Å². The van der Waals surface area contributed by atoms with Crippen molar-refractivity contribution < 1.29 is 4.74 Å². The van der Waals surface area contributed by atoms with Gasteiger partial charge in [0.2, 0.25) is 0 Å².